The third kappa shape index (κ3) is 2.99. The average molecular weight is 298 g/mol. The van der Waals surface area contributed by atoms with Gasteiger partial charge in [-0.05, 0) is 32.3 Å². The summed E-state index contributed by atoms with van der Waals surface area (Å²) in [5.74, 6) is 1.20. The first-order chi connectivity index (χ1) is 10.6. The predicted octanol–water partition coefficient (Wildman–Crippen LogP) is 1.74. The fourth-order valence-electron chi connectivity index (χ4n) is 2.16. The summed E-state index contributed by atoms with van der Waals surface area (Å²) in [5, 5.41) is 13.1. The largest absolute Gasteiger partial charge is 0.492 e. The fourth-order valence-corrected chi connectivity index (χ4v) is 2.16. The van der Waals surface area contributed by atoms with Crippen molar-refractivity contribution in [3.05, 3.63) is 29.6 Å². The first-order valence-electron chi connectivity index (χ1n) is 7.02. The van der Waals surface area contributed by atoms with Gasteiger partial charge in [0, 0.05) is 36.6 Å². The van der Waals surface area contributed by atoms with E-state index >= 15 is 0 Å². The van der Waals surface area contributed by atoms with Gasteiger partial charge in [0.1, 0.15) is 5.69 Å². The second-order valence-corrected chi connectivity index (χ2v) is 5.29. The maximum Gasteiger partial charge on any atom is 0.238 e. The van der Waals surface area contributed by atoms with E-state index in [0.29, 0.717) is 17.5 Å². The lowest BCUT2D eigenvalue weighted by Gasteiger charge is -2.08. The zero-order valence-corrected chi connectivity index (χ0v) is 12.5. The first-order valence-corrected chi connectivity index (χ1v) is 7.02. The van der Waals surface area contributed by atoms with Gasteiger partial charge in [0.15, 0.2) is 5.82 Å². The van der Waals surface area contributed by atoms with Crippen LogP contribution in [0.15, 0.2) is 23.3 Å². The Morgan fingerprint density at radius 1 is 1.41 bits per heavy atom. The van der Waals surface area contributed by atoms with Crippen LogP contribution >= 0.6 is 0 Å². The van der Waals surface area contributed by atoms with E-state index < -0.39 is 0 Å². The monoisotopic (exact) mass is 298 g/mol. The van der Waals surface area contributed by atoms with Crippen molar-refractivity contribution in [2.75, 3.05) is 32.5 Å². The normalized spacial score (nSPS) is 14.8. The highest BCUT2D eigenvalue weighted by Gasteiger charge is 2.14. The first kappa shape index (κ1) is 14.3. The minimum atomic E-state index is -0.0365. The van der Waals surface area contributed by atoms with Gasteiger partial charge in [0.25, 0.3) is 0 Å². The molecule has 0 fully saturated rings. The number of nitrogens with one attached hydrogen (secondary N) is 2. The number of rotatable bonds is 5. The van der Waals surface area contributed by atoms with Crippen molar-refractivity contribution >= 4 is 29.6 Å². The van der Waals surface area contributed by atoms with E-state index in [2.05, 4.69) is 30.2 Å². The number of hydrogen-bond acceptors (Lipinski definition) is 6. The van der Waals surface area contributed by atoms with Crippen LogP contribution in [0.2, 0.25) is 0 Å². The third-order valence-corrected chi connectivity index (χ3v) is 3.29. The minimum Gasteiger partial charge on any atom is -0.492 e. The van der Waals surface area contributed by atoms with Crippen molar-refractivity contribution in [2.45, 2.75) is 0 Å². The number of anilines is 1. The molecule has 22 heavy (non-hydrogen) atoms. The number of allylic oxidation sites excluding steroid dienone is 1. The van der Waals surface area contributed by atoms with Crippen LogP contribution in [0.25, 0.3) is 11.6 Å². The average Bonchev–Trinajstić information content (AvgIpc) is 3.04. The highest BCUT2D eigenvalue weighted by molar-refractivity contribution is 6.20. The van der Waals surface area contributed by atoms with Crippen molar-refractivity contribution in [3.8, 4) is 5.88 Å². The molecule has 3 N–H and O–H groups in total. The van der Waals surface area contributed by atoms with Crippen LogP contribution in [0, 0.1) is 0 Å². The Morgan fingerprint density at radius 3 is 3.09 bits per heavy atom. The number of nitrogens with zero attached hydrogens (tertiary/aromatic N) is 4. The molecule has 0 aromatic carbocycles. The number of fused-ring (bicyclic) bond motifs is 1. The highest BCUT2D eigenvalue weighted by Crippen LogP contribution is 2.31. The lowest BCUT2D eigenvalue weighted by Crippen LogP contribution is -2.21. The Balaban J connectivity index is 1.78. The standard InChI is InChI=1S/C15H18N6O/c1-21(2)7-6-17-15-19-12(14(22)20-15)8-10-9-18-13-11(10)4-3-5-16-13/h3-5,8-9,22H,6-7H2,1-2H3,(H2,17,19,20). The summed E-state index contributed by atoms with van der Waals surface area (Å²) in [7, 11) is 4.00. The third-order valence-electron chi connectivity index (χ3n) is 3.29. The van der Waals surface area contributed by atoms with Crippen molar-refractivity contribution in [1.29, 1.82) is 0 Å². The van der Waals surface area contributed by atoms with Gasteiger partial charge in [-0.1, -0.05) is 0 Å². The van der Waals surface area contributed by atoms with Crippen LogP contribution in [0.1, 0.15) is 11.3 Å². The molecule has 0 atom stereocenters. The van der Waals surface area contributed by atoms with E-state index in [1.807, 2.05) is 32.3 Å². The number of imidazole rings is 1. The molecule has 0 amide bonds. The number of aromatic amines is 1. The van der Waals surface area contributed by atoms with Gasteiger partial charge in [-0.25, -0.2) is 9.98 Å². The Bertz CT molecular complexity index is 731. The number of H-pyrrole nitrogens is 1. The number of hydrogen-bond donors (Lipinski definition) is 3. The second-order valence-electron chi connectivity index (χ2n) is 5.29. The lowest BCUT2D eigenvalue weighted by molar-refractivity contribution is 0.424. The molecule has 1 aliphatic heterocycles. The van der Waals surface area contributed by atoms with Crippen molar-refractivity contribution in [2.24, 2.45) is 4.99 Å². The van der Waals surface area contributed by atoms with E-state index in [-0.39, 0.29) is 5.88 Å². The van der Waals surface area contributed by atoms with Gasteiger partial charge in [-0.3, -0.25) is 0 Å². The van der Waals surface area contributed by atoms with E-state index in [0.717, 1.165) is 24.2 Å². The van der Waals surface area contributed by atoms with Crippen LogP contribution in [-0.2, 0) is 0 Å². The number of pyridine rings is 1. The summed E-state index contributed by atoms with van der Waals surface area (Å²) < 4.78 is 0. The van der Waals surface area contributed by atoms with Crippen LogP contribution in [0.5, 0.6) is 5.88 Å². The minimum absolute atomic E-state index is 0.0365. The van der Waals surface area contributed by atoms with Crippen molar-refractivity contribution < 1.29 is 5.11 Å². The molecule has 2 aromatic heterocycles. The van der Waals surface area contributed by atoms with Gasteiger partial charge < -0.3 is 20.3 Å². The zero-order valence-electron chi connectivity index (χ0n) is 12.5. The summed E-state index contributed by atoms with van der Waals surface area (Å²) in [5.41, 5.74) is 2.38. The van der Waals surface area contributed by atoms with Crippen molar-refractivity contribution in [3.63, 3.8) is 0 Å². The molecule has 3 heterocycles. The number of aromatic nitrogens is 3. The van der Waals surface area contributed by atoms with Gasteiger partial charge in [0.05, 0.1) is 0 Å². The number of aromatic hydroxyl groups is 1. The topological polar surface area (TPSA) is 89.4 Å². The Labute approximate surface area is 128 Å². The van der Waals surface area contributed by atoms with Gasteiger partial charge in [0.2, 0.25) is 11.8 Å². The quantitative estimate of drug-likeness (QED) is 0.782. The second kappa shape index (κ2) is 5.98. The molecule has 2 aromatic rings. The van der Waals surface area contributed by atoms with Gasteiger partial charge in [-0.2, -0.15) is 4.98 Å². The molecular weight excluding hydrogens is 280 g/mol. The molecule has 3 rings (SSSR count). The summed E-state index contributed by atoms with van der Waals surface area (Å²) >= 11 is 0. The van der Waals surface area contributed by atoms with Gasteiger partial charge in [-0.15, -0.1) is 0 Å². The maximum atomic E-state index is 9.95. The molecule has 0 aliphatic carbocycles. The molecule has 0 saturated heterocycles. The summed E-state index contributed by atoms with van der Waals surface area (Å²) in [6, 6.07) is 3.81. The smallest absolute Gasteiger partial charge is 0.238 e. The van der Waals surface area contributed by atoms with Crippen LogP contribution in [-0.4, -0.2) is 58.4 Å². The SMILES string of the molecule is CN(C)CCNc1nc(O)c(C=C2C=Nc3ncccc32)[nH]1. The van der Waals surface area contributed by atoms with Crippen LogP contribution < -0.4 is 5.32 Å². The Kier molecular flexibility index (Phi) is 3.88. The summed E-state index contributed by atoms with van der Waals surface area (Å²) in [4.78, 5) is 17.6. The molecule has 0 saturated carbocycles. The molecule has 114 valence electrons. The zero-order chi connectivity index (χ0) is 15.5. The number of aliphatic imine (C=N–C) groups is 1. The van der Waals surface area contributed by atoms with E-state index in [1.165, 1.54) is 0 Å². The van der Waals surface area contributed by atoms with E-state index in [1.54, 1.807) is 12.4 Å². The van der Waals surface area contributed by atoms with Crippen LogP contribution in [0.3, 0.4) is 0 Å². The van der Waals surface area contributed by atoms with Crippen LogP contribution in [0.4, 0.5) is 11.8 Å². The fraction of sp³-hybridized carbons (Fsp3) is 0.267. The lowest BCUT2D eigenvalue weighted by atomic mass is 10.1. The van der Waals surface area contributed by atoms with E-state index in [4.69, 9.17) is 0 Å². The predicted molar refractivity (Wildman–Crippen MR) is 87.6 cm³/mol. The summed E-state index contributed by atoms with van der Waals surface area (Å²) in [6.45, 7) is 1.62. The van der Waals surface area contributed by atoms with E-state index in [9.17, 15) is 5.11 Å². The molecular formula is C15H18N6O. The Hall–Kier alpha value is -2.67. The maximum absolute atomic E-state index is 9.95. The highest BCUT2D eigenvalue weighted by atomic mass is 16.3. The van der Waals surface area contributed by atoms with Crippen molar-refractivity contribution in [1.82, 2.24) is 19.9 Å². The molecule has 0 unspecified atom stereocenters. The summed E-state index contributed by atoms with van der Waals surface area (Å²) in [6.07, 6.45) is 5.26. The molecule has 1 aliphatic rings. The Morgan fingerprint density at radius 2 is 2.27 bits per heavy atom. The molecule has 0 spiro atoms. The molecule has 7 nitrogen and oxygen atoms in total. The van der Waals surface area contributed by atoms with Gasteiger partial charge >= 0.3 is 0 Å². The number of likely N-dealkylation sites (N-methyl/N-ethyl adjacent to an activating group) is 1. The molecule has 0 radical (unpaired) electrons. The molecule has 7 heteroatoms. The molecule has 0 bridgehead atoms.